The highest BCUT2D eigenvalue weighted by atomic mass is 35.5. The van der Waals surface area contributed by atoms with Gasteiger partial charge in [0.25, 0.3) is 5.91 Å². The van der Waals surface area contributed by atoms with Crippen LogP contribution < -0.4 is 14.8 Å². The summed E-state index contributed by atoms with van der Waals surface area (Å²) in [4.78, 5) is 24.5. The number of benzene rings is 2. The fourth-order valence-corrected chi connectivity index (χ4v) is 2.23. The SMILES string of the molecule is COc1cccc(NC(=O)[C@H](C)OC(=O)c2cc(Cl)ccc2OC)c1. The summed E-state index contributed by atoms with van der Waals surface area (Å²) in [6.07, 6.45) is -1.01. The maximum Gasteiger partial charge on any atom is 0.342 e. The minimum absolute atomic E-state index is 0.149. The van der Waals surface area contributed by atoms with E-state index in [4.69, 9.17) is 25.8 Å². The molecule has 0 heterocycles. The van der Waals surface area contributed by atoms with Gasteiger partial charge in [-0.3, -0.25) is 4.79 Å². The van der Waals surface area contributed by atoms with Crippen LogP contribution in [0.2, 0.25) is 5.02 Å². The van der Waals surface area contributed by atoms with Crippen molar-refractivity contribution < 1.29 is 23.8 Å². The van der Waals surface area contributed by atoms with Crippen LogP contribution in [0.3, 0.4) is 0 Å². The first kappa shape index (κ1) is 18.6. The second-order valence-corrected chi connectivity index (χ2v) is 5.55. The maximum absolute atomic E-state index is 12.3. The van der Waals surface area contributed by atoms with E-state index in [1.54, 1.807) is 36.4 Å². The van der Waals surface area contributed by atoms with Crippen LogP contribution in [0.1, 0.15) is 17.3 Å². The molecule has 0 aliphatic rings. The van der Waals surface area contributed by atoms with E-state index in [-0.39, 0.29) is 5.56 Å². The molecule has 0 saturated carbocycles. The molecule has 0 aliphatic heterocycles. The minimum Gasteiger partial charge on any atom is -0.497 e. The van der Waals surface area contributed by atoms with E-state index in [1.165, 1.54) is 27.2 Å². The van der Waals surface area contributed by atoms with Crippen LogP contribution in [0, 0.1) is 0 Å². The Kier molecular flexibility index (Phi) is 6.25. The Bertz CT molecular complexity index is 778. The normalized spacial score (nSPS) is 11.4. The highest BCUT2D eigenvalue weighted by Gasteiger charge is 2.22. The summed E-state index contributed by atoms with van der Waals surface area (Å²) in [5.41, 5.74) is 0.684. The first-order valence-corrected chi connectivity index (χ1v) is 7.82. The van der Waals surface area contributed by atoms with Crippen LogP contribution in [-0.4, -0.2) is 32.2 Å². The van der Waals surface area contributed by atoms with Crippen LogP contribution in [0.15, 0.2) is 42.5 Å². The van der Waals surface area contributed by atoms with Gasteiger partial charge in [0.1, 0.15) is 17.1 Å². The Morgan fingerprint density at radius 2 is 1.84 bits per heavy atom. The zero-order chi connectivity index (χ0) is 18.4. The molecule has 1 amide bonds. The van der Waals surface area contributed by atoms with Crippen LogP contribution in [0.4, 0.5) is 5.69 Å². The second-order valence-electron chi connectivity index (χ2n) is 5.11. The fourth-order valence-electron chi connectivity index (χ4n) is 2.06. The van der Waals surface area contributed by atoms with Gasteiger partial charge < -0.3 is 19.5 Å². The molecule has 0 spiro atoms. The Morgan fingerprint density at radius 3 is 2.52 bits per heavy atom. The molecule has 7 heteroatoms. The Morgan fingerprint density at radius 1 is 1.08 bits per heavy atom. The first-order chi connectivity index (χ1) is 11.9. The van der Waals surface area contributed by atoms with Crippen molar-refractivity contribution in [1.82, 2.24) is 0 Å². The first-order valence-electron chi connectivity index (χ1n) is 7.44. The van der Waals surface area contributed by atoms with Gasteiger partial charge in [-0.05, 0) is 37.3 Å². The predicted octanol–water partition coefficient (Wildman–Crippen LogP) is 3.54. The number of halogens is 1. The number of esters is 1. The number of methoxy groups -OCH3 is 2. The fraction of sp³-hybridized carbons (Fsp3) is 0.222. The largest absolute Gasteiger partial charge is 0.497 e. The third-order valence-corrected chi connectivity index (χ3v) is 3.61. The predicted molar refractivity (Wildman–Crippen MR) is 94.5 cm³/mol. The van der Waals surface area contributed by atoms with Gasteiger partial charge in [0.05, 0.1) is 14.2 Å². The van der Waals surface area contributed by atoms with Crippen LogP contribution in [0.25, 0.3) is 0 Å². The van der Waals surface area contributed by atoms with Crippen molar-refractivity contribution in [2.24, 2.45) is 0 Å². The molecule has 0 saturated heterocycles. The molecule has 0 radical (unpaired) electrons. The van der Waals surface area contributed by atoms with E-state index >= 15 is 0 Å². The maximum atomic E-state index is 12.3. The van der Waals surface area contributed by atoms with Gasteiger partial charge in [0.15, 0.2) is 6.10 Å². The van der Waals surface area contributed by atoms with Gasteiger partial charge >= 0.3 is 5.97 Å². The van der Waals surface area contributed by atoms with Crippen molar-refractivity contribution in [3.8, 4) is 11.5 Å². The second kappa shape index (κ2) is 8.39. The number of amides is 1. The van der Waals surface area contributed by atoms with Crippen molar-refractivity contribution in [3.63, 3.8) is 0 Å². The zero-order valence-corrected chi connectivity index (χ0v) is 14.8. The number of carbonyl (C=O) groups excluding carboxylic acids is 2. The summed E-state index contributed by atoms with van der Waals surface area (Å²) >= 11 is 5.90. The lowest BCUT2D eigenvalue weighted by Gasteiger charge is -2.15. The lowest BCUT2D eigenvalue weighted by atomic mass is 10.2. The highest BCUT2D eigenvalue weighted by Crippen LogP contribution is 2.24. The van der Waals surface area contributed by atoms with Crippen molar-refractivity contribution in [2.45, 2.75) is 13.0 Å². The molecular weight excluding hydrogens is 346 g/mol. The minimum atomic E-state index is -1.01. The third kappa shape index (κ3) is 4.87. The zero-order valence-electron chi connectivity index (χ0n) is 14.0. The van der Waals surface area contributed by atoms with E-state index in [9.17, 15) is 9.59 Å². The molecule has 2 aromatic carbocycles. The van der Waals surface area contributed by atoms with E-state index in [0.717, 1.165) is 0 Å². The van der Waals surface area contributed by atoms with Crippen molar-refractivity contribution in [2.75, 3.05) is 19.5 Å². The molecule has 0 fully saturated rings. The van der Waals surface area contributed by atoms with Gasteiger partial charge in [-0.25, -0.2) is 4.79 Å². The lowest BCUT2D eigenvalue weighted by molar-refractivity contribution is -0.123. The molecule has 132 valence electrons. The van der Waals surface area contributed by atoms with Gasteiger partial charge in [-0.15, -0.1) is 0 Å². The topological polar surface area (TPSA) is 73.9 Å². The van der Waals surface area contributed by atoms with Gasteiger partial charge in [-0.1, -0.05) is 17.7 Å². The quantitative estimate of drug-likeness (QED) is 0.794. The standard InChI is InChI=1S/C18H18ClNO5/c1-11(17(21)20-13-5-4-6-14(10-13)23-2)25-18(22)15-9-12(19)7-8-16(15)24-3/h4-11H,1-3H3,(H,20,21)/t11-/m0/s1. The van der Waals surface area contributed by atoms with Crippen LogP contribution in [-0.2, 0) is 9.53 Å². The Hall–Kier alpha value is -2.73. The van der Waals surface area contributed by atoms with E-state index in [1.807, 2.05) is 0 Å². The number of rotatable bonds is 6. The molecule has 25 heavy (non-hydrogen) atoms. The van der Waals surface area contributed by atoms with Crippen molar-refractivity contribution >= 4 is 29.2 Å². The van der Waals surface area contributed by atoms with E-state index in [0.29, 0.717) is 22.2 Å². The summed E-state index contributed by atoms with van der Waals surface area (Å²) in [7, 11) is 2.96. The molecule has 0 aromatic heterocycles. The van der Waals surface area contributed by atoms with Crippen LogP contribution >= 0.6 is 11.6 Å². The molecule has 0 aliphatic carbocycles. The number of nitrogens with one attached hydrogen (secondary N) is 1. The summed E-state index contributed by atoms with van der Waals surface area (Å²) in [5, 5.41) is 3.02. The number of ether oxygens (including phenoxy) is 3. The average Bonchev–Trinajstić information content (AvgIpc) is 2.61. The summed E-state index contributed by atoms with van der Waals surface area (Å²) in [5.74, 6) is -0.254. The molecule has 6 nitrogen and oxygen atoms in total. The van der Waals surface area contributed by atoms with Crippen LogP contribution in [0.5, 0.6) is 11.5 Å². The van der Waals surface area contributed by atoms with E-state index in [2.05, 4.69) is 5.32 Å². The van der Waals surface area contributed by atoms with E-state index < -0.39 is 18.0 Å². The molecule has 2 aromatic rings. The molecule has 1 atom stereocenters. The van der Waals surface area contributed by atoms with Gasteiger partial charge in [0.2, 0.25) is 0 Å². The molecule has 1 N–H and O–H groups in total. The lowest BCUT2D eigenvalue weighted by Crippen LogP contribution is -2.30. The average molecular weight is 364 g/mol. The molecule has 2 rings (SSSR count). The number of carbonyl (C=O) groups is 2. The highest BCUT2D eigenvalue weighted by molar-refractivity contribution is 6.31. The monoisotopic (exact) mass is 363 g/mol. The van der Waals surface area contributed by atoms with Gasteiger partial charge in [0, 0.05) is 16.8 Å². The number of anilines is 1. The van der Waals surface area contributed by atoms with Gasteiger partial charge in [-0.2, -0.15) is 0 Å². The Balaban J connectivity index is 2.05. The number of hydrogen-bond acceptors (Lipinski definition) is 5. The summed E-state index contributed by atoms with van der Waals surface area (Å²) < 4.78 is 15.4. The van der Waals surface area contributed by atoms with Crippen molar-refractivity contribution in [1.29, 1.82) is 0 Å². The number of hydrogen-bond donors (Lipinski definition) is 1. The smallest absolute Gasteiger partial charge is 0.342 e. The molecule has 0 unspecified atom stereocenters. The summed E-state index contributed by atoms with van der Waals surface area (Å²) in [6.45, 7) is 1.48. The van der Waals surface area contributed by atoms with Crippen molar-refractivity contribution in [3.05, 3.63) is 53.1 Å². The molecule has 0 bridgehead atoms. The molecular formula is C18H18ClNO5. The summed E-state index contributed by atoms with van der Waals surface area (Å²) in [6, 6.07) is 11.4. The third-order valence-electron chi connectivity index (χ3n) is 3.37. The Labute approximate surface area is 150 Å².